The third-order valence-corrected chi connectivity index (χ3v) is 3.31. The van der Waals surface area contributed by atoms with Crippen LogP contribution in [0, 0.1) is 5.41 Å². The van der Waals surface area contributed by atoms with Crippen LogP contribution in [0.15, 0.2) is 0 Å². The van der Waals surface area contributed by atoms with Crippen molar-refractivity contribution in [3.05, 3.63) is 0 Å². The smallest absolute Gasteiger partial charge is 0.0655 e. The van der Waals surface area contributed by atoms with Crippen molar-refractivity contribution in [2.45, 2.75) is 52.3 Å². The Morgan fingerprint density at radius 3 is 2.64 bits per heavy atom. The van der Waals surface area contributed by atoms with Gasteiger partial charge in [-0.3, -0.25) is 0 Å². The fourth-order valence-corrected chi connectivity index (χ4v) is 2.05. The van der Waals surface area contributed by atoms with Crippen molar-refractivity contribution in [2.75, 3.05) is 13.2 Å². The zero-order valence-electron chi connectivity index (χ0n) is 9.71. The lowest BCUT2D eigenvalue weighted by Crippen LogP contribution is -2.62. The van der Waals surface area contributed by atoms with Gasteiger partial charge in [0.2, 0.25) is 0 Å². The fourth-order valence-electron chi connectivity index (χ4n) is 2.05. The van der Waals surface area contributed by atoms with E-state index in [9.17, 15) is 0 Å². The summed E-state index contributed by atoms with van der Waals surface area (Å²) in [6.45, 7) is 9.47. The summed E-state index contributed by atoms with van der Waals surface area (Å²) in [7, 11) is 0. The maximum absolute atomic E-state index is 8.95. The molecule has 84 valence electrons. The van der Waals surface area contributed by atoms with Gasteiger partial charge in [-0.05, 0) is 20.3 Å². The average molecular weight is 201 g/mol. The monoisotopic (exact) mass is 201 g/mol. The minimum absolute atomic E-state index is 0.182. The van der Waals surface area contributed by atoms with Crippen molar-refractivity contribution in [2.24, 2.45) is 5.41 Å². The molecule has 3 atom stereocenters. The van der Waals surface area contributed by atoms with Gasteiger partial charge in [-0.2, -0.15) is 0 Å². The van der Waals surface area contributed by atoms with Gasteiger partial charge in [0.25, 0.3) is 0 Å². The molecule has 1 aliphatic carbocycles. The predicted molar refractivity (Wildman–Crippen MR) is 57.3 cm³/mol. The van der Waals surface area contributed by atoms with E-state index in [1.54, 1.807) is 0 Å². The van der Waals surface area contributed by atoms with Crippen LogP contribution in [0.4, 0.5) is 0 Å². The number of aliphatic hydroxyl groups is 1. The number of nitrogens with one attached hydrogen (secondary N) is 1. The van der Waals surface area contributed by atoms with Crippen molar-refractivity contribution in [3.8, 4) is 0 Å². The van der Waals surface area contributed by atoms with Crippen LogP contribution in [-0.2, 0) is 4.74 Å². The Morgan fingerprint density at radius 2 is 2.21 bits per heavy atom. The highest BCUT2D eigenvalue weighted by Crippen LogP contribution is 2.42. The molecule has 0 aromatic carbocycles. The predicted octanol–water partition coefficient (Wildman–Crippen LogP) is 1.16. The molecule has 1 aliphatic rings. The SMILES string of the molecule is CCOC1CC(NC(C)CO)C1(C)C. The molecule has 0 spiro atoms. The summed E-state index contributed by atoms with van der Waals surface area (Å²) in [5, 5.41) is 12.4. The van der Waals surface area contributed by atoms with Crippen molar-refractivity contribution in [3.63, 3.8) is 0 Å². The van der Waals surface area contributed by atoms with Gasteiger partial charge in [-0.1, -0.05) is 13.8 Å². The Kier molecular flexibility index (Phi) is 3.93. The molecule has 2 N–H and O–H groups in total. The molecule has 0 bridgehead atoms. The van der Waals surface area contributed by atoms with Crippen LogP contribution in [0.1, 0.15) is 34.1 Å². The molecule has 3 heteroatoms. The molecule has 0 aromatic heterocycles. The van der Waals surface area contributed by atoms with E-state index in [0.717, 1.165) is 13.0 Å². The Labute approximate surface area is 86.8 Å². The van der Waals surface area contributed by atoms with Crippen LogP contribution in [0.3, 0.4) is 0 Å². The average Bonchev–Trinajstić information content (AvgIpc) is 2.16. The van der Waals surface area contributed by atoms with Crippen LogP contribution >= 0.6 is 0 Å². The zero-order chi connectivity index (χ0) is 10.8. The van der Waals surface area contributed by atoms with E-state index in [-0.39, 0.29) is 18.1 Å². The first-order chi connectivity index (χ1) is 6.52. The summed E-state index contributed by atoms with van der Waals surface area (Å²) >= 11 is 0. The minimum atomic E-state index is 0.182. The van der Waals surface area contributed by atoms with Gasteiger partial charge >= 0.3 is 0 Å². The van der Waals surface area contributed by atoms with Crippen molar-refractivity contribution >= 4 is 0 Å². The number of rotatable bonds is 5. The molecular weight excluding hydrogens is 178 g/mol. The Morgan fingerprint density at radius 1 is 1.57 bits per heavy atom. The summed E-state index contributed by atoms with van der Waals surface area (Å²) in [4.78, 5) is 0. The molecule has 0 heterocycles. The molecule has 3 unspecified atom stereocenters. The van der Waals surface area contributed by atoms with E-state index in [1.165, 1.54) is 0 Å². The highest BCUT2D eigenvalue weighted by Gasteiger charge is 2.48. The molecule has 3 nitrogen and oxygen atoms in total. The number of hydrogen-bond acceptors (Lipinski definition) is 3. The molecule has 1 saturated carbocycles. The Balaban J connectivity index is 2.38. The molecular formula is C11H23NO2. The molecule has 1 fully saturated rings. The maximum atomic E-state index is 8.95. The fraction of sp³-hybridized carbons (Fsp3) is 1.00. The van der Waals surface area contributed by atoms with Crippen LogP contribution in [0.2, 0.25) is 0 Å². The lowest BCUT2D eigenvalue weighted by atomic mass is 9.64. The van der Waals surface area contributed by atoms with Crippen molar-refractivity contribution in [1.29, 1.82) is 0 Å². The van der Waals surface area contributed by atoms with Gasteiger partial charge in [0.15, 0.2) is 0 Å². The normalized spacial score (nSPS) is 32.4. The first-order valence-corrected chi connectivity index (χ1v) is 5.50. The minimum Gasteiger partial charge on any atom is -0.395 e. The van der Waals surface area contributed by atoms with Gasteiger partial charge < -0.3 is 15.2 Å². The maximum Gasteiger partial charge on any atom is 0.0655 e. The summed E-state index contributed by atoms with van der Waals surface area (Å²) < 4.78 is 5.64. The third-order valence-electron chi connectivity index (χ3n) is 3.31. The molecule has 0 aromatic rings. The van der Waals surface area contributed by atoms with E-state index in [1.807, 2.05) is 13.8 Å². The van der Waals surface area contributed by atoms with Crippen molar-refractivity contribution < 1.29 is 9.84 Å². The second kappa shape index (κ2) is 4.60. The molecule has 0 amide bonds. The lowest BCUT2D eigenvalue weighted by Gasteiger charge is -2.52. The van der Waals surface area contributed by atoms with Gasteiger partial charge in [0.05, 0.1) is 12.7 Å². The van der Waals surface area contributed by atoms with Gasteiger partial charge in [-0.25, -0.2) is 0 Å². The van der Waals surface area contributed by atoms with E-state index >= 15 is 0 Å². The number of aliphatic hydroxyl groups excluding tert-OH is 1. The highest BCUT2D eigenvalue weighted by atomic mass is 16.5. The number of ether oxygens (including phenoxy) is 1. The second-order valence-electron chi connectivity index (χ2n) is 4.80. The van der Waals surface area contributed by atoms with E-state index in [0.29, 0.717) is 12.1 Å². The quantitative estimate of drug-likeness (QED) is 0.701. The third kappa shape index (κ3) is 2.27. The van der Waals surface area contributed by atoms with Gasteiger partial charge in [-0.15, -0.1) is 0 Å². The van der Waals surface area contributed by atoms with E-state index < -0.39 is 0 Å². The summed E-state index contributed by atoms with van der Waals surface area (Å²) in [5.41, 5.74) is 0.194. The first kappa shape index (κ1) is 12.0. The van der Waals surface area contributed by atoms with Gasteiger partial charge in [0.1, 0.15) is 0 Å². The van der Waals surface area contributed by atoms with Crippen molar-refractivity contribution in [1.82, 2.24) is 5.32 Å². The molecule has 0 radical (unpaired) electrons. The molecule has 0 aliphatic heterocycles. The van der Waals surface area contributed by atoms with E-state index in [4.69, 9.17) is 9.84 Å². The largest absolute Gasteiger partial charge is 0.395 e. The van der Waals surface area contributed by atoms with Gasteiger partial charge in [0, 0.05) is 24.1 Å². The summed E-state index contributed by atoms with van der Waals surface area (Å²) in [5.74, 6) is 0. The summed E-state index contributed by atoms with van der Waals surface area (Å²) in [6, 6.07) is 0.656. The standard InChI is InChI=1S/C11H23NO2/c1-5-14-10-6-9(11(10,3)4)12-8(2)7-13/h8-10,12-13H,5-7H2,1-4H3. The molecule has 0 saturated heterocycles. The lowest BCUT2D eigenvalue weighted by molar-refractivity contribution is -0.117. The topological polar surface area (TPSA) is 41.5 Å². The first-order valence-electron chi connectivity index (χ1n) is 5.50. The number of hydrogen-bond donors (Lipinski definition) is 2. The Bertz CT molecular complexity index is 182. The summed E-state index contributed by atoms with van der Waals surface area (Å²) in [6.07, 6.45) is 1.43. The van der Waals surface area contributed by atoms with Crippen LogP contribution in [0.5, 0.6) is 0 Å². The van der Waals surface area contributed by atoms with Crippen LogP contribution < -0.4 is 5.32 Å². The second-order valence-corrected chi connectivity index (χ2v) is 4.80. The molecule has 1 rings (SSSR count). The zero-order valence-corrected chi connectivity index (χ0v) is 9.71. The molecule has 14 heavy (non-hydrogen) atoms. The highest BCUT2D eigenvalue weighted by molar-refractivity contribution is 5.03. The van der Waals surface area contributed by atoms with Crippen LogP contribution in [-0.4, -0.2) is 36.5 Å². The van der Waals surface area contributed by atoms with E-state index in [2.05, 4.69) is 19.2 Å². The van der Waals surface area contributed by atoms with Crippen LogP contribution in [0.25, 0.3) is 0 Å². The Hall–Kier alpha value is -0.120.